The van der Waals surface area contributed by atoms with Gasteiger partial charge in [0, 0.05) is 62.4 Å². The van der Waals surface area contributed by atoms with Gasteiger partial charge in [-0.3, -0.25) is 9.48 Å². The predicted octanol–water partition coefficient (Wildman–Crippen LogP) is 2.79. The van der Waals surface area contributed by atoms with Crippen molar-refractivity contribution in [2.24, 2.45) is 18.0 Å². The van der Waals surface area contributed by atoms with Crippen LogP contribution in [0.25, 0.3) is 16.6 Å². The molecule has 2 saturated heterocycles. The van der Waals surface area contributed by atoms with Gasteiger partial charge < -0.3 is 19.9 Å². The number of aliphatic hydroxyl groups is 1. The van der Waals surface area contributed by atoms with E-state index < -0.39 is 6.10 Å². The van der Waals surface area contributed by atoms with Crippen LogP contribution in [0.5, 0.6) is 0 Å². The lowest BCUT2D eigenvalue weighted by Gasteiger charge is -2.34. The molecule has 37 heavy (non-hydrogen) atoms. The van der Waals surface area contributed by atoms with Crippen LogP contribution in [0, 0.1) is 12.8 Å². The maximum atomic E-state index is 13.8. The normalized spacial score (nSPS) is 22.3. The van der Waals surface area contributed by atoms with Crippen molar-refractivity contribution in [2.75, 3.05) is 31.1 Å². The maximum Gasteiger partial charge on any atom is 0.275 e. The van der Waals surface area contributed by atoms with Crippen molar-refractivity contribution in [3.05, 3.63) is 53.5 Å². The Morgan fingerprint density at radius 1 is 1.22 bits per heavy atom. The monoisotopic (exact) mass is 500 g/mol. The summed E-state index contributed by atoms with van der Waals surface area (Å²) in [6, 6.07) is 9.70. The van der Waals surface area contributed by atoms with Crippen molar-refractivity contribution in [3.8, 4) is 0 Å². The van der Waals surface area contributed by atoms with Crippen molar-refractivity contribution < 1.29 is 9.90 Å². The highest BCUT2D eigenvalue weighted by molar-refractivity contribution is 6.05. The molecule has 2 fully saturated rings. The summed E-state index contributed by atoms with van der Waals surface area (Å²) in [6.45, 7) is 8.00. The van der Waals surface area contributed by atoms with E-state index in [0.717, 1.165) is 52.9 Å². The smallest absolute Gasteiger partial charge is 0.275 e. The molecule has 5 heterocycles. The van der Waals surface area contributed by atoms with Gasteiger partial charge in [-0.05, 0) is 39.0 Å². The third kappa shape index (κ3) is 4.05. The van der Waals surface area contributed by atoms with Gasteiger partial charge >= 0.3 is 0 Å². The van der Waals surface area contributed by atoms with E-state index in [4.69, 9.17) is 10.1 Å². The highest BCUT2D eigenvalue weighted by Crippen LogP contribution is 2.34. The summed E-state index contributed by atoms with van der Waals surface area (Å²) < 4.78 is 3.57. The Hall–Kier alpha value is -3.79. The summed E-state index contributed by atoms with van der Waals surface area (Å²) >= 11 is 0. The van der Waals surface area contributed by atoms with Crippen LogP contribution in [-0.2, 0) is 7.05 Å². The number of amides is 1. The zero-order chi connectivity index (χ0) is 25.7. The minimum Gasteiger partial charge on any atom is -0.391 e. The summed E-state index contributed by atoms with van der Waals surface area (Å²) in [4.78, 5) is 26.7. The van der Waals surface area contributed by atoms with Crippen LogP contribution in [-0.4, -0.2) is 79.3 Å². The number of anilines is 1. The Kier molecular flexibility index (Phi) is 5.91. The van der Waals surface area contributed by atoms with E-state index in [1.165, 1.54) is 0 Å². The molecule has 0 unspecified atom stereocenters. The number of aliphatic hydroxyl groups excluding tert-OH is 1. The molecule has 0 saturated carbocycles. The first-order valence-electron chi connectivity index (χ1n) is 12.9. The molecule has 1 amide bonds. The first kappa shape index (κ1) is 23.6. The summed E-state index contributed by atoms with van der Waals surface area (Å²) in [5, 5.41) is 20.8. The molecule has 0 aliphatic carbocycles. The van der Waals surface area contributed by atoms with E-state index in [0.29, 0.717) is 31.9 Å². The largest absolute Gasteiger partial charge is 0.391 e. The summed E-state index contributed by atoms with van der Waals surface area (Å²) in [6.07, 6.45) is 4.37. The number of benzene rings is 1. The molecule has 192 valence electrons. The van der Waals surface area contributed by atoms with E-state index >= 15 is 0 Å². The third-order valence-corrected chi connectivity index (χ3v) is 7.76. The zero-order valence-corrected chi connectivity index (χ0v) is 21.3. The van der Waals surface area contributed by atoms with Crippen molar-refractivity contribution in [2.45, 2.75) is 38.3 Å². The summed E-state index contributed by atoms with van der Waals surface area (Å²) in [7, 11) is 1.87. The molecule has 6 rings (SSSR count). The van der Waals surface area contributed by atoms with Crippen LogP contribution >= 0.6 is 0 Å². The van der Waals surface area contributed by atoms with Crippen LogP contribution < -0.4 is 4.90 Å². The Bertz CT molecular complexity index is 1490. The molecule has 4 aromatic rings. The molecular weight excluding hydrogens is 468 g/mol. The van der Waals surface area contributed by atoms with Gasteiger partial charge in [0.2, 0.25) is 0 Å². The van der Waals surface area contributed by atoms with Gasteiger partial charge in [0.05, 0.1) is 23.4 Å². The highest BCUT2D eigenvalue weighted by atomic mass is 16.3. The fourth-order valence-corrected chi connectivity index (χ4v) is 5.86. The number of hydrogen-bond acceptors (Lipinski definition) is 7. The number of aromatic nitrogens is 5. The average Bonchev–Trinajstić information content (AvgIpc) is 3.58. The van der Waals surface area contributed by atoms with Crippen molar-refractivity contribution in [1.29, 1.82) is 0 Å². The number of carbonyl (C=O) groups is 1. The number of aryl methyl sites for hydroxylation is 2. The number of β-amino-alcohol motifs (C(OH)–C–C–N with tert-alkyl or cyclic N) is 1. The second kappa shape index (κ2) is 9.26. The average molecular weight is 501 g/mol. The minimum absolute atomic E-state index is 0.0554. The van der Waals surface area contributed by atoms with Crippen molar-refractivity contribution >= 4 is 35.0 Å². The van der Waals surface area contributed by atoms with E-state index in [-0.39, 0.29) is 17.9 Å². The van der Waals surface area contributed by atoms with Gasteiger partial charge in [0.25, 0.3) is 5.91 Å². The van der Waals surface area contributed by atoms with Gasteiger partial charge in [0.1, 0.15) is 5.82 Å². The molecule has 3 atom stereocenters. The summed E-state index contributed by atoms with van der Waals surface area (Å²) in [5.74, 6) is 0.845. The van der Waals surface area contributed by atoms with Crippen LogP contribution in [0.2, 0.25) is 0 Å². The number of fused-ring (bicyclic) bond motifs is 2. The van der Waals surface area contributed by atoms with E-state index in [9.17, 15) is 9.90 Å². The Morgan fingerprint density at radius 2 is 2.05 bits per heavy atom. The van der Waals surface area contributed by atoms with Gasteiger partial charge in [-0.2, -0.15) is 10.2 Å². The van der Waals surface area contributed by atoms with Crippen LogP contribution in [0.15, 0.2) is 41.5 Å². The van der Waals surface area contributed by atoms with Gasteiger partial charge in [0.15, 0.2) is 11.3 Å². The lowest BCUT2D eigenvalue weighted by atomic mass is 9.98. The molecule has 1 N–H and O–H groups in total. The lowest BCUT2D eigenvalue weighted by molar-refractivity contribution is 0.0600. The Morgan fingerprint density at radius 3 is 2.89 bits per heavy atom. The van der Waals surface area contributed by atoms with Crippen molar-refractivity contribution in [1.82, 2.24) is 29.3 Å². The molecule has 2 aliphatic rings. The van der Waals surface area contributed by atoms with Crippen molar-refractivity contribution in [3.63, 3.8) is 0 Å². The first-order valence-corrected chi connectivity index (χ1v) is 12.9. The second-order valence-corrected chi connectivity index (χ2v) is 10.3. The molecule has 1 aromatic carbocycles. The maximum absolute atomic E-state index is 13.8. The SMILES string of the molecule is C=NC[C@@H]1CN(c2nc3cc([C@@H]4CCCCN4C(=O)c4nn(C)c5ccccc45)nn3cc2C)C[C@@H]1O. The van der Waals surface area contributed by atoms with Gasteiger partial charge in [-0.25, -0.2) is 9.50 Å². The number of carbonyl (C=O) groups excluding carboxylic acids is 1. The molecule has 10 heteroatoms. The fourth-order valence-electron chi connectivity index (χ4n) is 5.86. The Balaban J connectivity index is 1.32. The second-order valence-electron chi connectivity index (χ2n) is 10.3. The minimum atomic E-state index is -0.451. The van der Waals surface area contributed by atoms with E-state index in [1.54, 1.807) is 9.20 Å². The standard InChI is InChI=1S/C27H32N8O2/c1-17-14-35-24(29-26(17)33-15-18(13-28-2)23(36)16-33)12-20(30-35)22-10-6-7-11-34(22)27(37)25-19-8-4-5-9-21(19)32(3)31-25/h4-5,8-9,12,14,18,22-23,36H,2,6-7,10-11,13,15-16H2,1,3H3/t18-,22+,23+/m1/s1. The lowest BCUT2D eigenvalue weighted by Crippen LogP contribution is -2.39. The number of nitrogens with zero attached hydrogens (tertiary/aromatic N) is 8. The fraction of sp³-hybridized carbons (Fsp3) is 0.444. The topological polar surface area (TPSA) is 104 Å². The van der Waals surface area contributed by atoms with Crippen LogP contribution in [0.1, 0.15) is 47.1 Å². The molecule has 10 nitrogen and oxygen atoms in total. The number of para-hydroxylation sites is 1. The van der Waals surface area contributed by atoms with Crippen LogP contribution in [0.4, 0.5) is 5.82 Å². The number of likely N-dealkylation sites (tertiary alicyclic amines) is 1. The molecule has 0 bridgehead atoms. The van der Waals surface area contributed by atoms with E-state index in [1.807, 2.05) is 55.4 Å². The molecule has 0 radical (unpaired) electrons. The summed E-state index contributed by atoms with van der Waals surface area (Å²) in [5.41, 5.74) is 3.99. The van der Waals surface area contributed by atoms with Gasteiger partial charge in [-0.15, -0.1) is 0 Å². The molecular formula is C27H32N8O2. The molecule has 0 spiro atoms. The predicted molar refractivity (Wildman–Crippen MR) is 142 cm³/mol. The zero-order valence-electron chi connectivity index (χ0n) is 21.3. The number of rotatable bonds is 5. The molecule has 3 aromatic heterocycles. The van der Waals surface area contributed by atoms with Gasteiger partial charge in [-0.1, -0.05) is 18.2 Å². The van der Waals surface area contributed by atoms with Crippen LogP contribution in [0.3, 0.4) is 0 Å². The number of piperidine rings is 1. The Labute approximate surface area is 215 Å². The molecule has 2 aliphatic heterocycles. The highest BCUT2D eigenvalue weighted by Gasteiger charge is 2.34. The quantitative estimate of drug-likeness (QED) is 0.423. The number of aliphatic imine (C=N–C) groups is 1. The first-order chi connectivity index (χ1) is 17.9. The third-order valence-electron chi connectivity index (χ3n) is 7.76. The van der Waals surface area contributed by atoms with E-state index in [2.05, 4.69) is 21.7 Å². The number of hydrogen-bond donors (Lipinski definition) is 1.